The largest absolute Gasteiger partial charge is 0.416 e. The summed E-state index contributed by atoms with van der Waals surface area (Å²) in [6.07, 6.45) is 8.49. The number of amides is 1. The molecule has 1 amide bonds. The number of pyridine rings is 6. The Labute approximate surface area is 693 Å². The van der Waals surface area contributed by atoms with Crippen LogP contribution in [-0.2, 0) is 22.3 Å². The molecule has 0 aliphatic carbocycles. The van der Waals surface area contributed by atoms with E-state index in [0.717, 1.165) is 170 Å². The molecule has 118 heavy (non-hydrogen) atoms. The third-order valence-electron chi connectivity index (χ3n) is 18.7. The average Bonchev–Trinajstić information content (AvgIpc) is 1.62. The second kappa shape index (κ2) is 37.0. The normalized spacial score (nSPS) is 12.8. The van der Waals surface area contributed by atoms with Crippen LogP contribution in [0.2, 0.25) is 0 Å². The van der Waals surface area contributed by atoms with Gasteiger partial charge in [0.25, 0.3) is 0 Å². The number of aliphatic hydroxyl groups excluding tert-OH is 1. The van der Waals surface area contributed by atoms with Gasteiger partial charge >= 0.3 is 6.18 Å². The van der Waals surface area contributed by atoms with Gasteiger partial charge in [0.15, 0.2) is 0 Å². The SMILES string of the molecule is CC[C@@H](CO)Nc1cc(N)nc2cc(-c3ccn[nH]3)sc12.COC[C@@H](C)Nc1cc(N)nc2cc(-c3ccn[nH]3)sc12.C[C@H](Nc1cc(N)nc2cc(-c3ccn[nH]3)sc12)c1cccc(C(F)(F)F)c1.Cc1cccnc1CNc1cc(N)nc2cc(-c3ccn[nH]3)sc12.Nc1cc(NCCN2CCCC2=O)c2sc(-c3ccn[nH]3)cc2n1. The van der Waals surface area contributed by atoms with E-state index in [1.165, 1.54) is 17.4 Å². The zero-order valence-corrected chi connectivity index (χ0v) is 68.5. The van der Waals surface area contributed by atoms with Crippen molar-refractivity contribution >= 4 is 171 Å². The van der Waals surface area contributed by atoms with Crippen LogP contribution in [0.25, 0.3) is 104 Å². The topological polar surface area (TPSA) is 461 Å². The fourth-order valence-corrected chi connectivity index (χ4v) is 18.2. The second-order valence-corrected chi connectivity index (χ2v) is 32.7. The number of likely N-dealkylation sites (tertiary alicyclic amines) is 1. The number of nitrogens with zero attached hydrogens (tertiary/aromatic N) is 12. The summed E-state index contributed by atoms with van der Waals surface area (Å²) >= 11 is 8.08. The molecule has 1 saturated heterocycles. The number of benzene rings is 1. The van der Waals surface area contributed by atoms with E-state index in [2.05, 4.69) is 127 Å². The second-order valence-electron chi connectivity index (χ2n) is 27.4. The van der Waals surface area contributed by atoms with Crippen molar-refractivity contribution in [2.24, 2.45) is 0 Å². The van der Waals surface area contributed by atoms with Crippen LogP contribution in [0.5, 0.6) is 0 Å². The highest BCUT2D eigenvalue weighted by Crippen LogP contribution is 2.43. The van der Waals surface area contributed by atoms with Gasteiger partial charge in [-0.2, -0.15) is 38.7 Å². The number of halogens is 3. The van der Waals surface area contributed by atoms with Gasteiger partial charge in [-0.1, -0.05) is 25.1 Å². The maximum absolute atomic E-state index is 13.0. The van der Waals surface area contributed by atoms with Gasteiger partial charge in [-0.3, -0.25) is 35.3 Å². The molecule has 18 rings (SSSR count). The minimum Gasteiger partial charge on any atom is -0.394 e. The van der Waals surface area contributed by atoms with E-state index in [-0.39, 0.29) is 30.6 Å². The molecule has 1 aromatic carbocycles. The third kappa shape index (κ3) is 19.8. The monoisotopic (exact) mass is 1690 g/mol. The number of H-pyrrole nitrogens is 5. The molecule has 0 unspecified atom stereocenters. The number of hydrogen-bond acceptors (Lipinski definition) is 29. The highest BCUT2D eigenvalue weighted by atomic mass is 32.1. The first-order chi connectivity index (χ1) is 57.1. The highest BCUT2D eigenvalue weighted by molar-refractivity contribution is 7.24. The number of carbonyl (C=O) groups excluding carboxylic acids is 1. The molecule has 17 heterocycles. The summed E-state index contributed by atoms with van der Waals surface area (Å²) in [7, 11) is 1.69. The Morgan fingerprint density at radius 2 is 0.932 bits per heavy atom. The molecule has 30 nitrogen and oxygen atoms in total. The number of rotatable bonds is 23. The van der Waals surface area contributed by atoms with Crippen LogP contribution in [0, 0.1) is 6.92 Å². The molecule has 21 N–H and O–H groups in total. The fourth-order valence-electron chi connectivity index (χ4n) is 12.9. The number of methoxy groups -OCH3 is 1. The number of aliphatic hydroxyl groups is 1. The Morgan fingerprint density at radius 1 is 0.525 bits per heavy atom. The maximum Gasteiger partial charge on any atom is 0.416 e. The van der Waals surface area contributed by atoms with Crippen LogP contribution in [0.3, 0.4) is 0 Å². The number of carbonyl (C=O) groups is 1. The number of nitrogen functional groups attached to an aromatic ring is 5. The summed E-state index contributed by atoms with van der Waals surface area (Å²) in [6, 6.07) is 37.8. The standard InChI is InChI=1S/C19H16F3N5S.C17H16N6S.C16H18N6OS.2C14H17N5OS/c1-10(11-3-2-4-12(7-11)19(20,21)22)25-15-9-17(23)26-14-8-16(28-18(14)15)13-5-6-24-27-13;1-10-3-2-5-19-14(10)9-20-12-8-16(18)22-13-7-15(24-17(12)13)11-4-6-21-23-11;17-14-9-11(18-5-7-22-6-1-2-15(22)23)16-12(20-14)8-13(24-16)10-3-4-19-21-10;1-8(7-20-2)17-11-6-13(15)18-10-5-12(21-14(10)11)9-3-4-16-19-9;1-2-8(7-20)17-11-6-13(15)18-10-5-12(21-14(10)11)9-3-4-16-19-9/h2-10H,1H3,(H,24,27)(H3,23,25,26);2-8H,9H2,1H3,(H,21,23)(H3,18,20,22);3-4,8-9H,1-2,5-7H2,(H,19,21)(H3,17,18,20);3-6,8H,7H2,1-2H3,(H,16,19)(H3,15,17,18);3-6,8,20H,2,7H2,1H3,(H,16,19)(H3,15,17,18)/t10-;;;2*8-/m0..10/s1. The minimum atomic E-state index is -4.38. The number of aromatic amines is 5. The molecule has 16 aromatic heterocycles. The van der Waals surface area contributed by atoms with Gasteiger partial charge in [0.05, 0.1) is 163 Å². The Balaban J connectivity index is 0.000000122. The Morgan fingerprint density at radius 3 is 1.31 bits per heavy atom. The van der Waals surface area contributed by atoms with E-state index >= 15 is 0 Å². The number of aryl methyl sites for hydroxylation is 1. The van der Waals surface area contributed by atoms with Crippen molar-refractivity contribution in [3.05, 3.63) is 187 Å². The quantitative estimate of drug-likeness (QED) is 0.0283. The maximum atomic E-state index is 13.0. The van der Waals surface area contributed by atoms with Crippen molar-refractivity contribution in [3.8, 4) is 52.9 Å². The molecule has 3 atom stereocenters. The molecule has 0 radical (unpaired) electrons. The van der Waals surface area contributed by atoms with Crippen LogP contribution >= 0.6 is 56.7 Å². The summed E-state index contributed by atoms with van der Waals surface area (Å²) in [5, 5.41) is 61.0. The number of nitrogens with two attached hydrogens (primary N) is 5. The first-order valence-corrected chi connectivity index (χ1v) is 41.4. The first-order valence-electron chi connectivity index (χ1n) is 37.3. The Bertz CT molecular complexity index is 6180. The summed E-state index contributed by atoms with van der Waals surface area (Å²) in [5.41, 5.74) is 45.1. The number of alkyl halides is 3. The van der Waals surface area contributed by atoms with Crippen molar-refractivity contribution in [1.29, 1.82) is 0 Å². The molecule has 38 heteroatoms. The molecule has 17 aromatic rings. The summed E-state index contributed by atoms with van der Waals surface area (Å²) in [5.74, 6) is 2.53. The lowest BCUT2D eigenvalue weighted by atomic mass is 10.0. The van der Waals surface area contributed by atoms with Crippen LogP contribution in [-0.4, -0.2) is 149 Å². The predicted molar refractivity (Wildman–Crippen MR) is 472 cm³/mol. The number of thiophene rings is 5. The zero-order chi connectivity index (χ0) is 82.6. The van der Waals surface area contributed by atoms with Crippen molar-refractivity contribution < 1.29 is 27.8 Å². The molecule has 1 aliphatic rings. The molecule has 0 saturated carbocycles. The van der Waals surface area contributed by atoms with Crippen LogP contribution in [0.15, 0.2) is 165 Å². The van der Waals surface area contributed by atoms with E-state index in [0.29, 0.717) is 72.8 Å². The lowest BCUT2D eigenvalue weighted by Gasteiger charge is -2.18. The van der Waals surface area contributed by atoms with Gasteiger partial charge in [0.2, 0.25) is 5.91 Å². The number of fused-ring (bicyclic) bond motifs is 5. The van der Waals surface area contributed by atoms with Gasteiger partial charge in [-0.15, -0.1) is 56.7 Å². The molecule has 1 fully saturated rings. The number of hydrogen-bond donors (Lipinski definition) is 16. The van der Waals surface area contributed by atoms with Crippen molar-refractivity contribution in [2.75, 3.05) is 95.2 Å². The smallest absolute Gasteiger partial charge is 0.394 e. The fraction of sp³-hybridized carbons (Fsp3) is 0.225. The summed E-state index contributed by atoms with van der Waals surface area (Å²) in [6.45, 7) is 11.6. The average molecular weight is 1690 g/mol. The van der Waals surface area contributed by atoms with Crippen molar-refractivity contribution in [2.45, 2.75) is 77.8 Å². The molecule has 608 valence electrons. The van der Waals surface area contributed by atoms with Crippen molar-refractivity contribution in [1.82, 2.24) is 85.8 Å². The van der Waals surface area contributed by atoms with Gasteiger partial charge in [0, 0.05) is 119 Å². The van der Waals surface area contributed by atoms with E-state index < -0.39 is 11.7 Å². The molecule has 0 bridgehead atoms. The number of ether oxygens (including phenoxy) is 1. The van der Waals surface area contributed by atoms with Gasteiger partial charge < -0.3 is 70.0 Å². The summed E-state index contributed by atoms with van der Waals surface area (Å²) < 4.78 is 49.3. The van der Waals surface area contributed by atoms with E-state index in [1.54, 1.807) is 102 Å². The molecular weight excluding hydrogens is 1600 g/mol. The lowest BCUT2D eigenvalue weighted by Crippen LogP contribution is -2.29. The molecule has 1 aliphatic heterocycles. The molecule has 0 spiro atoms. The van der Waals surface area contributed by atoms with E-state index in [9.17, 15) is 23.1 Å². The zero-order valence-electron chi connectivity index (χ0n) is 64.4. The number of aromatic nitrogens is 16. The van der Waals surface area contributed by atoms with Gasteiger partial charge in [-0.25, -0.2) is 24.9 Å². The van der Waals surface area contributed by atoms with Crippen LogP contribution < -0.4 is 55.3 Å². The van der Waals surface area contributed by atoms with Gasteiger partial charge in [-0.05, 0) is 124 Å². The molecular formula is C80H84F3N27O3S5. The number of anilines is 10. The highest BCUT2D eigenvalue weighted by Gasteiger charge is 2.31. The Kier molecular flexibility index (Phi) is 25.6. The first kappa shape index (κ1) is 81.7. The Hall–Kier alpha value is -12.9. The summed E-state index contributed by atoms with van der Waals surface area (Å²) in [4.78, 5) is 45.2. The third-order valence-corrected chi connectivity index (χ3v) is 24.7. The predicted octanol–water partition coefficient (Wildman–Crippen LogP) is 16.5. The minimum absolute atomic E-state index is 0.00713. The lowest BCUT2D eigenvalue weighted by molar-refractivity contribution is -0.137. The van der Waals surface area contributed by atoms with Crippen LogP contribution in [0.4, 0.5) is 70.7 Å². The van der Waals surface area contributed by atoms with Gasteiger partial charge in [0.1, 0.15) is 29.1 Å². The van der Waals surface area contributed by atoms with E-state index in [1.807, 2.05) is 109 Å². The van der Waals surface area contributed by atoms with E-state index in [4.69, 9.17) is 33.4 Å². The van der Waals surface area contributed by atoms with Crippen molar-refractivity contribution in [3.63, 3.8) is 0 Å². The van der Waals surface area contributed by atoms with Crippen LogP contribution in [0.1, 0.15) is 68.5 Å². The number of nitrogens with one attached hydrogen (secondary N) is 10.